The molecule has 2 amide bonds. The molecule has 0 bridgehead atoms. The first-order valence-corrected chi connectivity index (χ1v) is 14.1. The molecule has 35 heavy (non-hydrogen) atoms. The molecule has 0 fully saturated rings. The van der Waals surface area contributed by atoms with Gasteiger partial charge in [0.2, 0.25) is 21.8 Å². The first-order chi connectivity index (χ1) is 16.3. The molecular weight excluding hydrogens is 533 g/mol. The summed E-state index contributed by atoms with van der Waals surface area (Å²) in [5.41, 5.74) is 0.899. The Morgan fingerprint density at radius 2 is 1.51 bits per heavy atom. The van der Waals surface area contributed by atoms with Gasteiger partial charge in [-0.15, -0.1) is 0 Å². The first-order valence-electron chi connectivity index (χ1n) is 11.1. The van der Waals surface area contributed by atoms with E-state index in [1.807, 2.05) is 13.8 Å². The summed E-state index contributed by atoms with van der Waals surface area (Å²) in [6.07, 6.45) is 2.06. The molecule has 0 radical (unpaired) electrons. The van der Waals surface area contributed by atoms with Gasteiger partial charge in [0.05, 0.1) is 11.9 Å². The molecule has 0 unspecified atom stereocenters. The molecule has 0 heterocycles. The van der Waals surface area contributed by atoms with Gasteiger partial charge in [0.25, 0.3) is 0 Å². The summed E-state index contributed by atoms with van der Waals surface area (Å²) in [6.45, 7) is 5.19. The normalized spacial score (nSPS) is 13.1. The average molecular weight is 563 g/mol. The van der Waals surface area contributed by atoms with Crippen molar-refractivity contribution >= 4 is 62.3 Å². The van der Waals surface area contributed by atoms with E-state index in [0.717, 1.165) is 22.5 Å². The van der Waals surface area contributed by atoms with E-state index in [-0.39, 0.29) is 34.2 Å². The van der Waals surface area contributed by atoms with Crippen molar-refractivity contribution in [3.63, 3.8) is 0 Å². The fourth-order valence-electron chi connectivity index (χ4n) is 3.44. The van der Waals surface area contributed by atoms with Crippen molar-refractivity contribution in [1.82, 2.24) is 10.2 Å². The SMILES string of the molecule is CC[C@@H](C)NC(=O)[C@@H](CC)N(Cc1ccc(Cl)cc1)C(=O)CN(c1cc(Cl)cc(Cl)c1)S(C)(=O)=O. The third-order valence-corrected chi connectivity index (χ3v) is 7.30. The van der Waals surface area contributed by atoms with Crippen LogP contribution in [0.2, 0.25) is 15.1 Å². The molecule has 11 heteroatoms. The molecule has 0 spiro atoms. The van der Waals surface area contributed by atoms with Crippen LogP contribution in [-0.2, 0) is 26.2 Å². The van der Waals surface area contributed by atoms with E-state index in [1.54, 1.807) is 31.2 Å². The molecule has 0 aromatic heterocycles. The first kappa shape index (κ1) is 29.2. The Labute approximate surface area is 222 Å². The fourth-order valence-corrected chi connectivity index (χ4v) is 4.92. The number of anilines is 1. The van der Waals surface area contributed by atoms with Gasteiger partial charge in [-0.3, -0.25) is 13.9 Å². The minimum absolute atomic E-state index is 0.0786. The molecule has 0 saturated heterocycles. The van der Waals surface area contributed by atoms with Crippen LogP contribution in [0, 0.1) is 0 Å². The second-order valence-corrected chi connectivity index (χ2v) is 11.5. The second-order valence-electron chi connectivity index (χ2n) is 8.29. The number of nitrogens with one attached hydrogen (secondary N) is 1. The van der Waals surface area contributed by atoms with E-state index in [9.17, 15) is 18.0 Å². The Hall–Kier alpha value is -2.00. The predicted octanol–water partition coefficient (Wildman–Crippen LogP) is 5.13. The van der Waals surface area contributed by atoms with Gasteiger partial charge >= 0.3 is 0 Å². The summed E-state index contributed by atoms with van der Waals surface area (Å²) in [4.78, 5) is 28.1. The Morgan fingerprint density at radius 1 is 0.943 bits per heavy atom. The molecule has 0 aliphatic heterocycles. The zero-order chi connectivity index (χ0) is 26.3. The maximum atomic E-state index is 13.6. The lowest BCUT2D eigenvalue weighted by molar-refractivity contribution is -0.140. The summed E-state index contributed by atoms with van der Waals surface area (Å²) < 4.78 is 26.2. The van der Waals surface area contributed by atoms with Crippen LogP contribution in [0.25, 0.3) is 0 Å². The maximum absolute atomic E-state index is 13.6. The minimum atomic E-state index is -3.88. The lowest BCUT2D eigenvalue weighted by Gasteiger charge is -2.33. The van der Waals surface area contributed by atoms with Crippen LogP contribution >= 0.6 is 34.8 Å². The quantitative estimate of drug-likeness (QED) is 0.411. The number of benzene rings is 2. The number of carbonyl (C=O) groups is 2. The van der Waals surface area contributed by atoms with Gasteiger partial charge in [0, 0.05) is 27.7 Å². The minimum Gasteiger partial charge on any atom is -0.352 e. The average Bonchev–Trinajstić information content (AvgIpc) is 2.76. The summed E-state index contributed by atoms with van der Waals surface area (Å²) in [6, 6.07) is 10.3. The molecule has 0 aliphatic carbocycles. The van der Waals surface area contributed by atoms with Crippen molar-refractivity contribution in [3.05, 3.63) is 63.1 Å². The Morgan fingerprint density at radius 3 is 2.00 bits per heavy atom. The van der Waals surface area contributed by atoms with Crippen LogP contribution < -0.4 is 9.62 Å². The lowest BCUT2D eigenvalue weighted by atomic mass is 10.1. The van der Waals surface area contributed by atoms with Crippen LogP contribution in [0.5, 0.6) is 0 Å². The van der Waals surface area contributed by atoms with Gasteiger partial charge < -0.3 is 10.2 Å². The third kappa shape index (κ3) is 8.56. The van der Waals surface area contributed by atoms with Gasteiger partial charge in [-0.25, -0.2) is 8.42 Å². The van der Waals surface area contributed by atoms with Crippen LogP contribution in [0.3, 0.4) is 0 Å². The van der Waals surface area contributed by atoms with Gasteiger partial charge in [-0.1, -0.05) is 60.8 Å². The number of rotatable bonds is 11. The molecule has 2 atom stereocenters. The number of amides is 2. The Bertz CT molecular complexity index is 1120. The standard InChI is InChI=1S/C24H30Cl3N3O4S/c1-5-16(3)28-24(32)22(6-2)29(14-17-7-9-18(25)10-8-17)23(31)15-30(35(4,33)34)21-12-19(26)11-20(27)13-21/h7-13,16,22H,5-6,14-15H2,1-4H3,(H,28,32)/t16-,22-/m1/s1. The molecule has 7 nitrogen and oxygen atoms in total. The van der Waals surface area contributed by atoms with Gasteiger partial charge in [0.15, 0.2) is 0 Å². The topological polar surface area (TPSA) is 86.8 Å². The molecule has 2 aromatic rings. The molecule has 192 valence electrons. The number of hydrogen-bond donors (Lipinski definition) is 1. The molecule has 2 aromatic carbocycles. The van der Waals surface area contributed by atoms with Gasteiger partial charge in [-0.05, 0) is 55.7 Å². The van der Waals surface area contributed by atoms with Crippen LogP contribution in [-0.4, -0.2) is 50.0 Å². The molecule has 0 aliphatic rings. The largest absolute Gasteiger partial charge is 0.352 e. The predicted molar refractivity (Wildman–Crippen MR) is 143 cm³/mol. The van der Waals surface area contributed by atoms with Crippen molar-refractivity contribution in [2.75, 3.05) is 17.1 Å². The van der Waals surface area contributed by atoms with E-state index >= 15 is 0 Å². The second kappa shape index (κ2) is 12.8. The van der Waals surface area contributed by atoms with E-state index in [2.05, 4.69) is 5.32 Å². The number of carbonyl (C=O) groups excluding carboxylic acids is 2. The smallest absolute Gasteiger partial charge is 0.244 e. The summed E-state index contributed by atoms with van der Waals surface area (Å²) in [5, 5.41) is 3.91. The van der Waals surface area contributed by atoms with E-state index in [4.69, 9.17) is 34.8 Å². The van der Waals surface area contributed by atoms with Crippen LogP contribution in [0.15, 0.2) is 42.5 Å². The zero-order valence-corrected chi connectivity index (χ0v) is 23.2. The number of halogens is 3. The van der Waals surface area contributed by atoms with Crippen molar-refractivity contribution in [3.8, 4) is 0 Å². The highest BCUT2D eigenvalue weighted by Gasteiger charge is 2.32. The van der Waals surface area contributed by atoms with Gasteiger partial charge in [0.1, 0.15) is 12.6 Å². The lowest BCUT2D eigenvalue weighted by Crippen LogP contribution is -2.53. The van der Waals surface area contributed by atoms with Crippen molar-refractivity contribution in [2.45, 2.75) is 52.2 Å². The van der Waals surface area contributed by atoms with E-state index < -0.39 is 28.5 Å². The summed E-state index contributed by atoms with van der Waals surface area (Å²) in [5.74, 6) is -0.853. The fraction of sp³-hybridized carbons (Fsp3) is 0.417. The maximum Gasteiger partial charge on any atom is 0.244 e. The van der Waals surface area contributed by atoms with E-state index in [1.165, 1.54) is 23.1 Å². The van der Waals surface area contributed by atoms with Crippen molar-refractivity contribution in [2.24, 2.45) is 0 Å². The molecule has 2 rings (SSSR count). The molecule has 1 N–H and O–H groups in total. The van der Waals surface area contributed by atoms with E-state index in [0.29, 0.717) is 11.4 Å². The highest BCUT2D eigenvalue weighted by atomic mass is 35.5. The van der Waals surface area contributed by atoms with Gasteiger partial charge in [-0.2, -0.15) is 0 Å². The van der Waals surface area contributed by atoms with Crippen molar-refractivity contribution in [1.29, 1.82) is 0 Å². The van der Waals surface area contributed by atoms with Crippen LogP contribution in [0.1, 0.15) is 39.2 Å². The monoisotopic (exact) mass is 561 g/mol. The molecular formula is C24H30Cl3N3O4S. The number of sulfonamides is 1. The Balaban J connectivity index is 2.46. The van der Waals surface area contributed by atoms with Crippen LogP contribution in [0.4, 0.5) is 5.69 Å². The molecule has 0 saturated carbocycles. The zero-order valence-electron chi connectivity index (χ0n) is 20.1. The van der Waals surface area contributed by atoms with Crippen molar-refractivity contribution < 1.29 is 18.0 Å². The number of hydrogen-bond acceptors (Lipinski definition) is 4. The summed E-state index contributed by atoms with van der Waals surface area (Å²) in [7, 11) is -3.88. The Kier molecular flexibility index (Phi) is 10.7. The highest BCUT2D eigenvalue weighted by Crippen LogP contribution is 2.27. The number of nitrogens with zero attached hydrogens (tertiary/aromatic N) is 2. The summed E-state index contributed by atoms with van der Waals surface area (Å²) >= 11 is 18.1. The third-order valence-electron chi connectivity index (χ3n) is 5.47. The highest BCUT2D eigenvalue weighted by molar-refractivity contribution is 7.92.